The maximum atomic E-state index is 14.0. The van der Waals surface area contributed by atoms with E-state index in [1.54, 1.807) is 24.3 Å². The summed E-state index contributed by atoms with van der Waals surface area (Å²) >= 11 is 0. The van der Waals surface area contributed by atoms with Gasteiger partial charge >= 0.3 is 0 Å². The van der Waals surface area contributed by atoms with Crippen LogP contribution in [0, 0.1) is 5.82 Å². The van der Waals surface area contributed by atoms with Crippen molar-refractivity contribution in [2.45, 2.75) is 13.0 Å². The van der Waals surface area contributed by atoms with Gasteiger partial charge in [0.2, 0.25) is 0 Å². The largest absolute Gasteiger partial charge is 0.494 e. The lowest BCUT2D eigenvalue weighted by Crippen LogP contribution is -2.08. The molecule has 1 heterocycles. The molecule has 0 bridgehead atoms. The van der Waals surface area contributed by atoms with Crippen molar-refractivity contribution >= 4 is 5.78 Å². The maximum Gasteiger partial charge on any atom is 0.168 e. The van der Waals surface area contributed by atoms with E-state index in [4.69, 9.17) is 10.5 Å². The molecule has 4 nitrogen and oxygen atoms in total. The highest BCUT2D eigenvalue weighted by Crippen LogP contribution is 2.21. The van der Waals surface area contributed by atoms with Gasteiger partial charge in [-0.2, -0.15) is 0 Å². The number of benzene rings is 1. The Morgan fingerprint density at radius 1 is 1.40 bits per heavy atom. The number of hydrogen-bond donors (Lipinski definition) is 1. The van der Waals surface area contributed by atoms with Crippen LogP contribution < -0.4 is 10.5 Å². The predicted octanol–water partition coefficient (Wildman–Crippen LogP) is 2.11. The summed E-state index contributed by atoms with van der Waals surface area (Å²) in [4.78, 5) is 16.2. The molecular weight excluding hydrogens is 259 g/mol. The summed E-state index contributed by atoms with van der Waals surface area (Å²) in [7, 11) is 1.39. The summed E-state index contributed by atoms with van der Waals surface area (Å²) in [5.74, 6) is -0.557. The molecule has 0 fully saturated rings. The molecule has 0 aliphatic heterocycles. The number of carbonyl (C=O) groups is 1. The Hall–Kier alpha value is -2.27. The van der Waals surface area contributed by atoms with Crippen molar-refractivity contribution in [3.05, 3.63) is 59.2 Å². The third-order valence-electron chi connectivity index (χ3n) is 2.96. The molecule has 0 aliphatic carbocycles. The van der Waals surface area contributed by atoms with Crippen LogP contribution in [0.1, 0.15) is 21.6 Å². The molecule has 1 aromatic heterocycles. The van der Waals surface area contributed by atoms with E-state index in [2.05, 4.69) is 4.98 Å². The molecule has 0 amide bonds. The van der Waals surface area contributed by atoms with E-state index in [1.807, 2.05) is 0 Å². The molecule has 0 atom stereocenters. The molecule has 1 aromatic carbocycles. The van der Waals surface area contributed by atoms with Crippen LogP contribution in [0.15, 0.2) is 36.5 Å². The van der Waals surface area contributed by atoms with E-state index in [1.165, 1.54) is 19.4 Å². The topological polar surface area (TPSA) is 65.2 Å². The van der Waals surface area contributed by atoms with E-state index >= 15 is 0 Å². The number of ether oxygens (including phenoxy) is 1. The average Bonchev–Trinajstić information content (AvgIpc) is 2.49. The van der Waals surface area contributed by atoms with Gasteiger partial charge in [-0.1, -0.05) is 12.1 Å². The van der Waals surface area contributed by atoms with Crippen LogP contribution >= 0.6 is 0 Å². The van der Waals surface area contributed by atoms with Gasteiger partial charge < -0.3 is 10.5 Å². The Balaban J connectivity index is 2.23. The zero-order valence-corrected chi connectivity index (χ0v) is 11.1. The van der Waals surface area contributed by atoms with Crippen molar-refractivity contribution in [3.63, 3.8) is 0 Å². The van der Waals surface area contributed by atoms with Crippen molar-refractivity contribution < 1.29 is 13.9 Å². The van der Waals surface area contributed by atoms with Gasteiger partial charge in [-0.15, -0.1) is 0 Å². The number of pyridine rings is 1. The van der Waals surface area contributed by atoms with Gasteiger partial charge in [-0.05, 0) is 23.8 Å². The number of nitrogens with two attached hydrogens (primary N) is 1. The second-order valence-corrected chi connectivity index (χ2v) is 4.27. The van der Waals surface area contributed by atoms with E-state index in [-0.39, 0.29) is 24.5 Å². The van der Waals surface area contributed by atoms with E-state index in [0.717, 1.165) is 0 Å². The highest BCUT2D eigenvalue weighted by Gasteiger charge is 2.14. The Bertz CT molecular complexity index is 629. The smallest absolute Gasteiger partial charge is 0.168 e. The summed E-state index contributed by atoms with van der Waals surface area (Å²) in [5.41, 5.74) is 6.89. The summed E-state index contributed by atoms with van der Waals surface area (Å²) < 4.78 is 18.9. The Morgan fingerprint density at radius 3 is 2.90 bits per heavy atom. The number of carbonyl (C=O) groups excluding carboxylic acids is 1. The van der Waals surface area contributed by atoms with Crippen molar-refractivity contribution in [1.82, 2.24) is 4.98 Å². The van der Waals surface area contributed by atoms with E-state index < -0.39 is 5.82 Å². The highest BCUT2D eigenvalue weighted by atomic mass is 19.1. The number of hydrogen-bond acceptors (Lipinski definition) is 4. The van der Waals surface area contributed by atoms with Gasteiger partial charge in [0.1, 0.15) is 0 Å². The number of ketones is 1. The molecule has 0 saturated carbocycles. The van der Waals surface area contributed by atoms with Gasteiger partial charge in [0.05, 0.1) is 12.8 Å². The van der Waals surface area contributed by atoms with Crippen LogP contribution in [0.4, 0.5) is 4.39 Å². The molecule has 20 heavy (non-hydrogen) atoms. The van der Waals surface area contributed by atoms with Crippen molar-refractivity contribution in [2.75, 3.05) is 7.11 Å². The third kappa shape index (κ3) is 3.00. The first-order chi connectivity index (χ1) is 9.65. The molecular formula is C15H15FN2O2. The van der Waals surface area contributed by atoms with Crippen LogP contribution in [0.5, 0.6) is 5.75 Å². The van der Waals surface area contributed by atoms with Gasteiger partial charge in [0, 0.05) is 24.7 Å². The molecule has 0 saturated heterocycles. The Labute approximate surface area is 116 Å². The normalized spacial score (nSPS) is 10.3. The Morgan fingerprint density at radius 2 is 2.20 bits per heavy atom. The first-order valence-electron chi connectivity index (χ1n) is 6.15. The number of aromatic nitrogens is 1. The second kappa shape index (κ2) is 6.25. The molecule has 5 heteroatoms. The lowest BCUT2D eigenvalue weighted by Gasteiger charge is -2.07. The second-order valence-electron chi connectivity index (χ2n) is 4.27. The molecule has 2 aromatic rings. The molecule has 2 N–H and O–H groups in total. The standard InChI is InChI=1S/C15H15FN2O2/c1-20-14-4-2-3-11(15(14)16)8-13(19)10-5-6-18-12(7-10)9-17/h2-7H,8-9,17H2,1H3. The van der Waals surface area contributed by atoms with E-state index in [9.17, 15) is 9.18 Å². The number of halogens is 1. The SMILES string of the molecule is COc1cccc(CC(=O)c2ccnc(CN)c2)c1F. The fourth-order valence-electron chi connectivity index (χ4n) is 1.89. The first-order valence-corrected chi connectivity index (χ1v) is 6.15. The Kier molecular flexibility index (Phi) is 4.42. The minimum Gasteiger partial charge on any atom is -0.494 e. The average molecular weight is 274 g/mol. The fourth-order valence-corrected chi connectivity index (χ4v) is 1.89. The number of rotatable bonds is 5. The summed E-state index contributed by atoms with van der Waals surface area (Å²) in [6, 6.07) is 7.96. The molecule has 0 unspecified atom stereocenters. The number of Topliss-reactive ketones (excluding diaryl/α,β-unsaturated/α-hetero) is 1. The maximum absolute atomic E-state index is 14.0. The van der Waals surface area contributed by atoms with Crippen molar-refractivity contribution in [2.24, 2.45) is 5.73 Å². The van der Waals surface area contributed by atoms with Gasteiger partial charge in [0.15, 0.2) is 17.3 Å². The molecule has 104 valence electrons. The van der Waals surface area contributed by atoms with Crippen LogP contribution in [0.25, 0.3) is 0 Å². The monoisotopic (exact) mass is 274 g/mol. The van der Waals surface area contributed by atoms with E-state index in [0.29, 0.717) is 16.8 Å². The van der Waals surface area contributed by atoms with Gasteiger partial charge in [0.25, 0.3) is 0 Å². The lowest BCUT2D eigenvalue weighted by molar-refractivity contribution is 0.0991. The van der Waals surface area contributed by atoms with Crippen LogP contribution in [0.2, 0.25) is 0 Å². The lowest BCUT2D eigenvalue weighted by atomic mass is 10.0. The van der Waals surface area contributed by atoms with Crippen molar-refractivity contribution in [3.8, 4) is 5.75 Å². The molecule has 0 radical (unpaired) electrons. The predicted molar refractivity (Wildman–Crippen MR) is 73.1 cm³/mol. The number of methoxy groups -OCH3 is 1. The molecule has 0 spiro atoms. The summed E-state index contributed by atoms with van der Waals surface area (Å²) in [6.07, 6.45) is 1.49. The minimum atomic E-state index is -0.503. The zero-order valence-electron chi connectivity index (χ0n) is 11.1. The van der Waals surface area contributed by atoms with Gasteiger partial charge in [-0.25, -0.2) is 4.39 Å². The summed E-state index contributed by atoms with van der Waals surface area (Å²) in [6.45, 7) is 0.259. The van der Waals surface area contributed by atoms with Crippen LogP contribution in [-0.4, -0.2) is 17.9 Å². The molecule has 0 aliphatic rings. The van der Waals surface area contributed by atoms with Gasteiger partial charge in [-0.3, -0.25) is 9.78 Å². The first kappa shape index (κ1) is 14.1. The fraction of sp³-hybridized carbons (Fsp3) is 0.200. The summed E-state index contributed by atoms with van der Waals surface area (Å²) in [5, 5.41) is 0. The number of nitrogens with zero attached hydrogens (tertiary/aromatic N) is 1. The van der Waals surface area contributed by atoms with Crippen LogP contribution in [-0.2, 0) is 13.0 Å². The minimum absolute atomic E-state index is 0.0307. The highest BCUT2D eigenvalue weighted by molar-refractivity contribution is 5.97. The third-order valence-corrected chi connectivity index (χ3v) is 2.96. The van der Waals surface area contributed by atoms with Crippen molar-refractivity contribution in [1.29, 1.82) is 0 Å². The molecule has 2 rings (SSSR count). The zero-order chi connectivity index (χ0) is 14.5. The quantitative estimate of drug-likeness (QED) is 0.848. The van der Waals surface area contributed by atoms with Crippen LogP contribution in [0.3, 0.4) is 0 Å².